The van der Waals surface area contributed by atoms with Crippen molar-refractivity contribution in [2.24, 2.45) is 0 Å². The third-order valence-electron chi connectivity index (χ3n) is 1.81. The lowest BCUT2D eigenvalue weighted by atomic mass is 10.2. The minimum atomic E-state index is -3.92. The fourth-order valence-electron chi connectivity index (χ4n) is 0.884. The van der Waals surface area contributed by atoms with Gasteiger partial charge in [-0.3, -0.25) is 9.35 Å². The second-order valence-electron chi connectivity index (χ2n) is 3.51. The molecule has 1 aromatic rings. The molecule has 0 aliphatic rings. The van der Waals surface area contributed by atoms with E-state index in [2.05, 4.69) is 43.4 Å². The largest absolute Gasteiger partial charge is 0.358 e. The summed E-state index contributed by atoms with van der Waals surface area (Å²) in [5.41, 5.74) is 2.66. The van der Waals surface area contributed by atoms with Gasteiger partial charge in [0.05, 0.1) is 5.75 Å². The monoisotopic (exact) mass is 289 g/mol. The number of nitrogens with one attached hydrogen (secondary N) is 1. The lowest BCUT2D eigenvalue weighted by Crippen LogP contribution is -2.20. The van der Waals surface area contributed by atoms with Gasteiger partial charge in [-0.15, -0.1) is 0 Å². The molecule has 0 radical (unpaired) electrons. The third kappa shape index (κ3) is 16.6. The van der Waals surface area contributed by atoms with Crippen molar-refractivity contribution in [3.05, 3.63) is 35.4 Å². The van der Waals surface area contributed by atoms with Crippen LogP contribution in [0.25, 0.3) is 0 Å². The molecule has 5 nitrogen and oxygen atoms in total. The molecule has 1 rings (SSSR count). The van der Waals surface area contributed by atoms with Gasteiger partial charge in [-0.1, -0.05) is 49.2 Å². The average Bonchev–Trinajstić information content (AvgIpc) is 2.35. The Morgan fingerprint density at radius 2 is 1.47 bits per heavy atom. The summed E-state index contributed by atoms with van der Waals surface area (Å²) < 4.78 is 27.9. The van der Waals surface area contributed by atoms with Gasteiger partial charge < -0.3 is 5.32 Å². The minimum absolute atomic E-state index is 0.0532. The zero-order chi connectivity index (χ0) is 15.3. The first-order valence-electron chi connectivity index (χ1n) is 6.00. The van der Waals surface area contributed by atoms with Gasteiger partial charge in [-0.05, 0) is 13.8 Å². The zero-order valence-corrected chi connectivity index (χ0v) is 12.7. The number of benzene rings is 1. The number of rotatable bonds is 4. The summed E-state index contributed by atoms with van der Waals surface area (Å²) in [6.45, 7) is 8.14. The molecule has 0 bridgehead atoms. The van der Waals surface area contributed by atoms with Crippen LogP contribution in [0, 0.1) is 13.8 Å². The predicted molar refractivity (Wildman–Crippen MR) is 77.7 cm³/mol. The number of hydrogen-bond donors (Lipinski definition) is 2. The van der Waals surface area contributed by atoms with Crippen LogP contribution in [0.3, 0.4) is 0 Å². The molecular weight excluding hydrogens is 266 g/mol. The summed E-state index contributed by atoms with van der Waals surface area (Å²) in [5.74, 6) is -0.439. The van der Waals surface area contributed by atoms with Crippen LogP contribution in [-0.4, -0.2) is 31.7 Å². The first-order chi connectivity index (χ1) is 8.85. The molecule has 0 unspecified atom stereocenters. The van der Waals surface area contributed by atoms with Crippen LogP contribution in [0.2, 0.25) is 0 Å². The smallest absolute Gasteiger partial charge is 0.266 e. The molecule has 0 aliphatic carbocycles. The highest BCUT2D eigenvalue weighted by Gasteiger charge is 2.00. The molecule has 0 heterocycles. The molecular formula is C13H23NO4S. The van der Waals surface area contributed by atoms with Crippen LogP contribution < -0.4 is 5.32 Å². The summed E-state index contributed by atoms with van der Waals surface area (Å²) in [5, 5.41) is 2.09. The van der Waals surface area contributed by atoms with Crippen LogP contribution in [0.1, 0.15) is 25.0 Å². The number of hydrogen-bond acceptors (Lipinski definition) is 3. The van der Waals surface area contributed by atoms with Crippen molar-refractivity contribution in [1.82, 2.24) is 5.32 Å². The Morgan fingerprint density at radius 3 is 1.74 bits per heavy atom. The zero-order valence-electron chi connectivity index (χ0n) is 11.9. The predicted octanol–water partition coefficient (Wildman–Crippen LogP) is 1.95. The van der Waals surface area contributed by atoms with Gasteiger partial charge in [0.15, 0.2) is 0 Å². The van der Waals surface area contributed by atoms with E-state index in [1.807, 2.05) is 13.8 Å². The van der Waals surface area contributed by atoms with Crippen molar-refractivity contribution < 1.29 is 17.8 Å². The Balaban J connectivity index is 0. The summed E-state index contributed by atoms with van der Waals surface area (Å²) in [6, 6.07) is 8.48. The lowest BCUT2D eigenvalue weighted by molar-refractivity contribution is -0.109. The highest BCUT2D eigenvalue weighted by molar-refractivity contribution is 7.85. The molecule has 0 saturated carbocycles. The summed E-state index contributed by atoms with van der Waals surface area (Å²) in [7, 11) is -3.92. The first kappa shape index (κ1) is 19.9. The van der Waals surface area contributed by atoms with Crippen molar-refractivity contribution in [3.8, 4) is 0 Å². The van der Waals surface area contributed by atoms with E-state index in [4.69, 9.17) is 4.55 Å². The molecule has 0 atom stereocenters. The molecule has 0 saturated heterocycles. The summed E-state index contributed by atoms with van der Waals surface area (Å²) in [6.07, 6.45) is 0.366. The fraction of sp³-hybridized carbons (Fsp3) is 0.462. The van der Waals surface area contributed by atoms with Gasteiger partial charge in [0, 0.05) is 6.54 Å². The van der Waals surface area contributed by atoms with Crippen LogP contribution in [-0.2, 0) is 14.9 Å². The van der Waals surface area contributed by atoms with E-state index in [1.165, 1.54) is 11.1 Å². The molecule has 0 spiro atoms. The van der Waals surface area contributed by atoms with Crippen molar-refractivity contribution in [2.75, 3.05) is 12.3 Å². The summed E-state index contributed by atoms with van der Waals surface area (Å²) in [4.78, 5) is 9.50. The van der Waals surface area contributed by atoms with Crippen molar-refractivity contribution in [1.29, 1.82) is 0 Å². The molecule has 6 heteroatoms. The number of carbonyl (C=O) groups is 1. The molecule has 1 aromatic carbocycles. The maximum absolute atomic E-state index is 9.91. The lowest BCUT2D eigenvalue weighted by Gasteiger charge is -1.92. The van der Waals surface area contributed by atoms with Gasteiger partial charge in [0.1, 0.15) is 0 Å². The maximum atomic E-state index is 9.91. The maximum Gasteiger partial charge on any atom is 0.266 e. The van der Waals surface area contributed by atoms with E-state index in [0.29, 0.717) is 6.41 Å². The van der Waals surface area contributed by atoms with E-state index < -0.39 is 15.9 Å². The van der Waals surface area contributed by atoms with Crippen molar-refractivity contribution >= 4 is 16.5 Å². The van der Waals surface area contributed by atoms with Crippen LogP contribution in [0.4, 0.5) is 0 Å². The van der Waals surface area contributed by atoms with Crippen molar-refractivity contribution in [2.45, 2.75) is 27.7 Å². The summed E-state index contributed by atoms with van der Waals surface area (Å²) >= 11 is 0. The van der Waals surface area contributed by atoms with E-state index in [0.717, 1.165) is 0 Å². The average molecular weight is 289 g/mol. The van der Waals surface area contributed by atoms with E-state index in [9.17, 15) is 13.2 Å². The van der Waals surface area contributed by atoms with E-state index in [1.54, 1.807) is 0 Å². The molecule has 0 aromatic heterocycles. The standard InChI is InChI=1S/C8H10.C3H7NO4S.C2H6/c1-7-3-5-8(2)6-4-7;5-3-4-1-2-9(6,7)8;1-2/h3-6H,1-2H3;3H,1-2H2,(H,4,5)(H,6,7,8);1-2H3. The molecule has 1 amide bonds. The van der Waals surface area contributed by atoms with Gasteiger partial charge in [0.25, 0.3) is 10.1 Å². The Morgan fingerprint density at radius 1 is 1.11 bits per heavy atom. The first-order valence-corrected chi connectivity index (χ1v) is 7.61. The SMILES string of the molecule is CC.Cc1ccc(C)cc1.O=CNCCS(=O)(=O)O. The van der Waals surface area contributed by atoms with Gasteiger partial charge in [0.2, 0.25) is 6.41 Å². The highest BCUT2D eigenvalue weighted by Crippen LogP contribution is 1.99. The quantitative estimate of drug-likeness (QED) is 0.504. The van der Waals surface area contributed by atoms with Crippen molar-refractivity contribution in [3.63, 3.8) is 0 Å². The topological polar surface area (TPSA) is 83.5 Å². The molecule has 110 valence electrons. The highest BCUT2D eigenvalue weighted by atomic mass is 32.2. The van der Waals surface area contributed by atoms with Crippen LogP contribution in [0.5, 0.6) is 0 Å². The Bertz CT molecular complexity index is 405. The van der Waals surface area contributed by atoms with Gasteiger partial charge in [-0.25, -0.2) is 0 Å². The number of carbonyl (C=O) groups excluding carboxylic acids is 1. The third-order valence-corrected chi connectivity index (χ3v) is 2.53. The number of amides is 1. The van der Waals surface area contributed by atoms with Gasteiger partial charge >= 0.3 is 0 Å². The second-order valence-corrected chi connectivity index (χ2v) is 5.08. The van der Waals surface area contributed by atoms with Crippen LogP contribution >= 0.6 is 0 Å². The minimum Gasteiger partial charge on any atom is -0.358 e. The Labute approximate surface area is 115 Å². The molecule has 0 aliphatic heterocycles. The van der Waals surface area contributed by atoms with E-state index >= 15 is 0 Å². The second kappa shape index (κ2) is 11.7. The number of aryl methyl sites for hydroxylation is 2. The Hall–Kier alpha value is -1.40. The normalized spacial score (nSPS) is 9.32. The van der Waals surface area contributed by atoms with Gasteiger partial charge in [-0.2, -0.15) is 8.42 Å². The fourth-order valence-corrected chi connectivity index (χ4v) is 1.26. The van der Waals surface area contributed by atoms with Crippen LogP contribution in [0.15, 0.2) is 24.3 Å². The Kier molecular flexibility index (Phi) is 12.2. The molecule has 2 N–H and O–H groups in total. The molecule has 0 fully saturated rings. The van der Waals surface area contributed by atoms with E-state index in [-0.39, 0.29) is 6.54 Å². The molecule has 19 heavy (non-hydrogen) atoms.